The first-order valence-corrected chi connectivity index (χ1v) is 7.55. The van der Waals surface area contributed by atoms with Gasteiger partial charge in [0, 0.05) is 5.54 Å². The lowest BCUT2D eigenvalue weighted by Crippen LogP contribution is -2.36. The molecule has 0 aliphatic carbocycles. The fourth-order valence-corrected chi connectivity index (χ4v) is 2.33. The maximum atomic E-state index is 6.39. The fourth-order valence-electron chi connectivity index (χ4n) is 2.33. The Morgan fingerprint density at radius 3 is 1.60 bits per heavy atom. The number of rotatable bonds is 4. The zero-order valence-corrected chi connectivity index (χ0v) is 13.0. The molecule has 2 aromatic carbocycles. The molecule has 1 heteroatoms. The van der Waals surface area contributed by atoms with Crippen molar-refractivity contribution in [1.29, 1.82) is 0 Å². The van der Waals surface area contributed by atoms with E-state index in [1.165, 1.54) is 11.1 Å². The molecule has 0 spiro atoms. The van der Waals surface area contributed by atoms with Gasteiger partial charge in [-0.05, 0) is 30.4 Å². The Kier molecular flexibility index (Phi) is 7.03. The Hall–Kier alpha value is -1.60. The second-order valence-electron chi connectivity index (χ2n) is 5.03. The number of benzene rings is 2. The number of aryl methyl sites for hydroxylation is 1. The summed E-state index contributed by atoms with van der Waals surface area (Å²) in [5, 5.41) is 0. The number of hydrogen-bond donors (Lipinski definition) is 1. The largest absolute Gasteiger partial charge is 0.321 e. The molecule has 0 saturated heterocycles. The molecular weight excluding hydrogens is 242 g/mol. The highest BCUT2D eigenvalue weighted by Gasteiger charge is 2.24. The molecule has 0 aliphatic heterocycles. The van der Waals surface area contributed by atoms with E-state index in [4.69, 9.17) is 5.73 Å². The third-order valence-electron chi connectivity index (χ3n) is 3.86. The fraction of sp³-hybridized carbons (Fsp3) is 0.368. The third kappa shape index (κ3) is 4.50. The van der Waals surface area contributed by atoms with Gasteiger partial charge in [0.15, 0.2) is 0 Å². The van der Waals surface area contributed by atoms with Gasteiger partial charge in [-0.3, -0.25) is 0 Å². The Bertz CT molecular complexity index is 445. The van der Waals surface area contributed by atoms with E-state index in [1.807, 2.05) is 36.4 Å². The maximum Gasteiger partial charge on any atom is 0.0407 e. The summed E-state index contributed by atoms with van der Waals surface area (Å²) < 4.78 is 0. The van der Waals surface area contributed by atoms with E-state index in [0.717, 1.165) is 19.3 Å². The molecular formula is C19H27N. The van der Waals surface area contributed by atoms with Gasteiger partial charge < -0.3 is 5.73 Å². The van der Waals surface area contributed by atoms with Crippen LogP contribution in [0.25, 0.3) is 0 Å². The molecule has 0 bridgehead atoms. The van der Waals surface area contributed by atoms with E-state index in [0.29, 0.717) is 0 Å². The van der Waals surface area contributed by atoms with Gasteiger partial charge in [0.1, 0.15) is 0 Å². The summed E-state index contributed by atoms with van der Waals surface area (Å²) in [6.45, 7) is 6.51. The first-order chi connectivity index (χ1) is 9.68. The van der Waals surface area contributed by atoms with Gasteiger partial charge >= 0.3 is 0 Å². The highest BCUT2D eigenvalue weighted by atomic mass is 14.7. The van der Waals surface area contributed by atoms with Crippen molar-refractivity contribution in [3.05, 3.63) is 71.8 Å². The standard InChI is InChI=1S/C13H21N.C6H6/c1-4-11-9-7-8-10-12(11)13(14,5-2)6-3;1-2-4-6-5-3-1/h7-10H,4-6,14H2,1-3H3;1-6H. The summed E-state index contributed by atoms with van der Waals surface area (Å²) in [7, 11) is 0. The normalized spacial score (nSPS) is 10.6. The summed E-state index contributed by atoms with van der Waals surface area (Å²) in [5.41, 5.74) is 8.98. The summed E-state index contributed by atoms with van der Waals surface area (Å²) in [6.07, 6.45) is 3.07. The van der Waals surface area contributed by atoms with Crippen LogP contribution in [-0.2, 0) is 12.0 Å². The summed E-state index contributed by atoms with van der Waals surface area (Å²) in [5.74, 6) is 0. The lowest BCUT2D eigenvalue weighted by atomic mass is 9.82. The van der Waals surface area contributed by atoms with Crippen LogP contribution >= 0.6 is 0 Å². The van der Waals surface area contributed by atoms with Crippen LogP contribution in [0.2, 0.25) is 0 Å². The highest BCUT2D eigenvalue weighted by molar-refractivity contribution is 5.33. The molecule has 2 aromatic rings. The highest BCUT2D eigenvalue weighted by Crippen LogP contribution is 2.28. The van der Waals surface area contributed by atoms with Crippen molar-refractivity contribution in [1.82, 2.24) is 0 Å². The first-order valence-electron chi connectivity index (χ1n) is 7.55. The number of nitrogens with two attached hydrogens (primary N) is 1. The summed E-state index contributed by atoms with van der Waals surface area (Å²) >= 11 is 0. The topological polar surface area (TPSA) is 26.0 Å². The smallest absolute Gasteiger partial charge is 0.0407 e. The Labute approximate surface area is 123 Å². The molecule has 0 aliphatic rings. The second kappa shape index (κ2) is 8.55. The van der Waals surface area contributed by atoms with Gasteiger partial charge in [-0.15, -0.1) is 0 Å². The van der Waals surface area contributed by atoms with Gasteiger partial charge in [0.05, 0.1) is 0 Å². The summed E-state index contributed by atoms with van der Waals surface area (Å²) in [6, 6.07) is 20.5. The van der Waals surface area contributed by atoms with Gasteiger partial charge in [-0.25, -0.2) is 0 Å². The molecule has 0 aromatic heterocycles. The quantitative estimate of drug-likeness (QED) is 0.838. The molecule has 0 unspecified atom stereocenters. The van der Waals surface area contributed by atoms with E-state index >= 15 is 0 Å². The summed E-state index contributed by atoms with van der Waals surface area (Å²) in [4.78, 5) is 0. The Morgan fingerprint density at radius 1 is 0.750 bits per heavy atom. The van der Waals surface area contributed by atoms with E-state index in [2.05, 4.69) is 45.0 Å². The van der Waals surface area contributed by atoms with E-state index < -0.39 is 0 Å². The minimum Gasteiger partial charge on any atom is -0.321 e. The van der Waals surface area contributed by atoms with Crippen LogP contribution < -0.4 is 5.73 Å². The predicted molar refractivity (Wildman–Crippen MR) is 88.7 cm³/mol. The van der Waals surface area contributed by atoms with E-state index in [-0.39, 0.29) is 5.54 Å². The molecule has 20 heavy (non-hydrogen) atoms. The van der Waals surface area contributed by atoms with Gasteiger partial charge in [-0.2, -0.15) is 0 Å². The molecule has 0 atom stereocenters. The zero-order valence-electron chi connectivity index (χ0n) is 13.0. The number of hydrogen-bond acceptors (Lipinski definition) is 1. The maximum absolute atomic E-state index is 6.39. The Morgan fingerprint density at radius 2 is 1.20 bits per heavy atom. The third-order valence-corrected chi connectivity index (χ3v) is 3.86. The van der Waals surface area contributed by atoms with Gasteiger partial charge in [-0.1, -0.05) is 81.4 Å². The lowest BCUT2D eigenvalue weighted by molar-refractivity contribution is 0.409. The van der Waals surface area contributed by atoms with Crippen molar-refractivity contribution in [2.24, 2.45) is 5.73 Å². The van der Waals surface area contributed by atoms with Gasteiger partial charge in [0.25, 0.3) is 0 Å². The molecule has 0 radical (unpaired) electrons. The van der Waals surface area contributed by atoms with Crippen LogP contribution in [0.5, 0.6) is 0 Å². The molecule has 0 fully saturated rings. The molecule has 1 nitrogen and oxygen atoms in total. The zero-order chi connectivity index (χ0) is 14.8. The first kappa shape index (κ1) is 16.5. The van der Waals surface area contributed by atoms with Crippen LogP contribution in [0, 0.1) is 0 Å². The predicted octanol–water partition coefficient (Wildman–Crippen LogP) is 4.91. The van der Waals surface area contributed by atoms with Crippen LogP contribution in [0.4, 0.5) is 0 Å². The lowest BCUT2D eigenvalue weighted by Gasteiger charge is -2.29. The monoisotopic (exact) mass is 269 g/mol. The molecule has 108 valence electrons. The van der Waals surface area contributed by atoms with Crippen molar-refractivity contribution >= 4 is 0 Å². The average Bonchev–Trinajstić information content (AvgIpc) is 2.56. The van der Waals surface area contributed by atoms with Crippen LogP contribution in [0.15, 0.2) is 60.7 Å². The SMILES string of the molecule is CCc1ccccc1C(N)(CC)CC.c1ccccc1. The minimum absolute atomic E-state index is 0.132. The van der Waals surface area contributed by atoms with E-state index in [1.54, 1.807) is 0 Å². The molecule has 0 amide bonds. The van der Waals surface area contributed by atoms with Crippen molar-refractivity contribution in [3.63, 3.8) is 0 Å². The van der Waals surface area contributed by atoms with Crippen molar-refractivity contribution in [2.75, 3.05) is 0 Å². The van der Waals surface area contributed by atoms with E-state index in [9.17, 15) is 0 Å². The molecule has 2 rings (SSSR count). The minimum atomic E-state index is -0.132. The average molecular weight is 269 g/mol. The van der Waals surface area contributed by atoms with Gasteiger partial charge in [0.2, 0.25) is 0 Å². The van der Waals surface area contributed by atoms with Crippen molar-refractivity contribution < 1.29 is 0 Å². The van der Waals surface area contributed by atoms with Crippen LogP contribution in [0.1, 0.15) is 44.7 Å². The van der Waals surface area contributed by atoms with Crippen LogP contribution in [-0.4, -0.2) is 0 Å². The Balaban J connectivity index is 0.000000276. The molecule has 0 heterocycles. The van der Waals surface area contributed by atoms with Crippen LogP contribution in [0.3, 0.4) is 0 Å². The van der Waals surface area contributed by atoms with Crippen molar-refractivity contribution in [2.45, 2.75) is 45.6 Å². The second-order valence-corrected chi connectivity index (χ2v) is 5.03. The molecule has 2 N–H and O–H groups in total. The molecule has 0 saturated carbocycles. The van der Waals surface area contributed by atoms with Crippen molar-refractivity contribution in [3.8, 4) is 0 Å².